The number of hydrogen-bond acceptors (Lipinski definition) is 4. The highest BCUT2D eigenvalue weighted by Gasteiger charge is 2.69. The highest BCUT2D eigenvalue weighted by Crippen LogP contribution is 2.50. The molecule has 2 saturated heterocycles. The van der Waals surface area contributed by atoms with Gasteiger partial charge >= 0.3 is 5.97 Å². The van der Waals surface area contributed by atoms with Crippen LogP contribution in [0.15, 0.2) is 48.1 Å². The van der Waals surface area contributed by atoms with Crippen LogP contribution >= 0.6 is 0 Å². The maximum Gasteiger partial charge on any atom is 0.337 e. The average molecular weight is 375 g/mol. The van der Waals surface area contributed by atoms with Crippen LogP contribution in [0.3, 0.4) is 0 Å². The summed E-state index contributed by atoms with van der Waals surface area (Å²) in [5.74, 6) is 0.717. The summed E-state index contributed by atoms with van der Waals surface area (Å²) in [6.45, 7) is 10.8. The van der Waals surface area contributed by atoms with Gasteiger partial charge in [-0.05, 0) is 32.1 Å². The topological polar surface area (TPSA) is 48.1 Å². The number of ether oxygens (including phenoxy) is 3. The normalized spacial score (nSPS) is 33.0. The molecule has 0 saturated carbocycles. The Morgan fingerprint density at radius 2 is 1.89 bits per heavy atom. The van der Waals surface area contributed by atoms with Crippen molar-refractivity contribution in [3.8, 4) is 0 Å². The summed E-state index contributed by atoms with van der Waals surface area (Å²) >= 11 is 0. The van der Waals surface area contributed by atoms with Gasteiger partial charge in [-0.1, -0.05) is 75.3 Å². The van der Waals surface area contributed by atoms with Crippen molar-refractivity contribution in [1.29, 1.82) is 0 Å². The molecule has 0 N–H and O–H groups in total. The molecule has 0 amide bonds. The van der Waals surface area contributed by atoms with Gasteiger partial charge < -0.3 is 14.2 Å². The van der Waals surface area contributed by atoms with Gasteiger partial charge in [0.15, 0.2) is 6.10 Å². The zero-order valence-electron chi connectivity index (χ0n) is 17.5. The minimum Gasteiger partial charge on any atom is -0.467 e. The number of hydrogen-bond donors (Lipinski definition) is 0. The third-order valence-corrected chi connectivity index (χ3v) is 5.40. The van der Waals surface area contributed by atoms with Crippen molar-refractivity contribution < 1.29 is 19.0 Å². The molecule has 150 valence electrons. The number of epoxide rings is 1. The maximum absolute atomic E-state index is 11.7. The van der Waals surface area contributed by atoms with E-state index in [1.807, 2.05) is 25.2 Å². The molecule has 0 aromatic rings. The van der Waals surface area contributed by atoms with Crippen LogP contribution in [-0.2, 0) is 19.0 Å². The Hall–Kier alpha value is -1.65. The van der Waals surface area contributed by atoms with Gasteiger partial charge in [-0.3, -0.25) is 0 Å². The summed E-state index contributed by atoms with van der Waals surface area (Å²) in [6.07, 6.45) is 16.0. The number of rotatable bonds is 9. The van der Waals surface area contributed by atoms with E-state index in [0.717, 1.165) is 6.42 Å². The minimum absolute atomic E-state index is 0.196. The second-order valence-electron chi connectivity index (χ2n) is 7.96. The smallest absolute Gasteiger partial charge is 0.337 e. The molecule has 27 heavy (non-hydrogen) atoms. The first-order valence-electron chi connectivity index (χ1n) is 9.91. The third kappa shape index (κ3) is 5.66. The Kier molecular flexibility index (Phi) is 7.63. The number of methoxy groups -OCH3 is 1. The van der Waals surface area contributed by atoms with E-state index in [0.29, 0.717) is 11.8 Å². The van der Waals surface area contributed by atoms with Crippen molar-refractivity contribution in [1.82, 2.24) is 0 Å². The van der Waals surface area contributed by atoms with E-state index in [9.17, 15) is 4.79 Å². The van der Waals surface area contributed by atoms with E-state index in [1.54, 1.807) is 0 Å². The van der Waals surface area contributed by atoms with Crippen LogP contribution in [-0.4, -0.2) is 37.0 Å². The van der Waals surface area contributed by atoms with Gasteiger partial charge in [-0.25, -0.2) is 4.79 Å². The zero-order chi connectivity index (χ0) is 20.0. The molecule has 2 rings (SSSR count). The average Bonchev–Trinajstić information content (AvgIpc) is 3.24. The van der Waals surface area contributed by atoms with Crippen LogP contribution in [0.25, 0.3) is 0 Å². The van der Waals surface area contributed by atoms with Crippen LogP contribution in [0.2, 0.25) is 0 Å². The van der Waals surface area contributed by atoms with Crippen molar-refractivity contribution in [2.24, 2.45) is 11.8 Å². The summed E-state index contributed by atoms with van der Waals surface area (Å²) in [6, 6.07) is 0. The van der Waals surface area contributed by atoms with Crippen LogP contribution in [0.1, 0.15) is 47.5 Å². The third-order valence-electron chi connectivity index (χ3n) is 5.40. The van der Waals surface area contributed by atoms with E-state index in [-0.39, 0.29) is 18.2 Å². The van der Waals surface area contributed by atoms with E-state index < -0.39 is 11.7 Å². The second-order valence-corrected chi connectivity index (χ2v) is 7.96. The highest BCUT2D eigenvalue weighted by atomic mass is 16.7. The fourth-order valence-electron chi connectivity index (χ4n) is 3.34. The van der Waals surface area contributed by atoms with Gasteiger partial charge in [-0.15, -0.1) is 0 Å². The number of carbonyl (C=O) groups is 1. The van der Waals surface area contributed by atoms with Gasteiger partial charge in [0.25, 0.3) is 0 Å². The molecule has 2 aliphatic heterocycles. The Morgan fingerprint density at radius 3 is 2.56 bits per heavy atom. The standard InChI is InChI=1S/C23H34O4/c1-7-16(2)12-10-13-18(4)15-17(3)11-8-9-14-19-23(5)21(27-23)20(26-19)22(24)25-6/h8-14,16-17,19-21H,7,15H2,1-6H3/b11-8+,12-10+,14-9+,18-13+/t16-,17-,19-,20+,21-,23+/m0/s1. The molecule has 0 aliphatic carbocycles. The summed E-state index contributed by atoms with van der Waals surface area (Å²) in [7, 11) is 1.37. The van der Waals surface area contributed by atoms with E-state index in [2.05, 4.69) is 52.0 Å². The van der Waals surface area contributed by atoms with Gasteiger partial charge in [0.2, 0.25) is 0 Å². The Morgan fingerprint density at radius 1 is 1.19 bits per heavy atom. The lowest BCUT2D eigenvalue weighted by atomic mass is 10.00. The number of fused-ring (bicyclic) bond motifs is 1. The summed E-state index contributed by atoms with van der Waals surface area (Å²) < 4.78 is 16.2. The molecule has 6 atom stereocenters. The number of allylic oxidation sites excluding steroid dienone is 7. The van der Waals surface area contributed by atoms with Gasteiger partial charge in [0, 0.05) is 0 Å². The predicted octanol–water partition coefficient (Wildman–Crippen LogP) is 4.77. The van der Waals surface area contributed by atoms with E-state index >= 15 is 0 Å². The lowest BCUT2D eigenvalue weighted by Crippen LogP contribution is -2.29. The minimum atomic E-state index is -0.617. The molecule has 4 nitrogen and oxygen atoms in total. The van der Waals surface area contributed by atoms with Crippen LogP contribution in [0, 0.1) is 11.8 Å². The van der Waals surface area contributed by atoms with Crippen molar-refractivity contribution in [3.05, 3.63) is 48.1 Å². The molecule has 0 aromatic carbocycles. The number of carbonyl (C=O) groups excluding carboxylic acids is 1. The molecule has 0 unspecified atom stereocenters. The Labute approximate surface area is 164 Å². The monoisotopic (exact) mass is 374 g/mol. The molecule has 0 aromatic heterocycles. The molecular weight excluding hydrogens is 340 g/mol. The van der Waals surface area contributed by atoms with Crippen molar-refractivity contribution >= 4 is 5.97 Å². The number of esters is 1. The Bertz CT molecular complexity index is 630. The lowest BCUT2D eigenvalue weighted by Gasteiger charge is -2.15. The molecule has 0 radical (unpaired) electrons. The fraction of sp³-hybridized carbons (Fsp3) is 0.609. The lowest BCUT2D eigenvalue weighted by molar-refractivity contribution is -0.157. The largest absolute Gasteiger partial charge is 0.467 e. The molecule has 2 aliphatic rings. The predicted molar refractivity (Wildman–Crippen MR) is 108 cm³/mol. The summed E-state index contributed by atoms with van der Waals surface area (Å²) in [5.41, 5.74) is 0.966. The molecule has 2 heterocycles. The first-order chi connectivity index (χ1) is 12.8. The van der Waals surface area contributed by atoms with Crippen LogP contribution in [0.4, 0.5) is 0 Å². The van der Waals surface area contributed by atoms with Gasteiger partial charge in [0.1, 0.15) is 17.8 Å². The Balaban J connectivity index is 1.80. The highest BCUT2D eigenvalue weighted by molar-refractivity contribution is 5.77. The molecular formula is C23H34O4. The first-order valence-corrected chi connectivity index (χ1v) is 9.91. The SMILES string of the molecule is CC[C@H](C)/C=C/C=C(\C)C[C@@H](C)/C=C/C=C/[C@@H]1O[C@@H](C(=O)OC)[C@@H]2O[C@]12C. The second kappa shape index (κ2) is 9.52. The van der Waals surface area contributed by atoms with Gasteiger partial charge in [0.05, 0.1) is 7.11 Å². The van der Waals surface area contributed by atoms with Gasteiger partial charge in [-0.2, -0.15) is 0 Å². The molecule has 0 bridgehead atoms. The van der Waals surface area contributed by atoms with Crippen molar-refractivity contribution in [2.45, 2.75) is 71.4 Å². The first kappa shape index (κ1) is 21.6. The zero-order valence-corrected chi connectivity index (χ0v) is 17.5. The van der Waals surface area contributed by atoms with Crippen LogP contribution < -0.4 is 0 Å². The maximum atomic E-state index is 11.7. The quantitative estimate of drug-likeness (QED) is 0.331. The fourth-order valence-corrected chi connectivity index (χ4v) is 3.34. The molecule has 2 fully saturated rings. The molecule has 4 heteroatoms. The van der Waals surface area contributed by atoms with Crippen molar-refractivity contribution in [2.75, 3.05) is 7.11 Å². The van der Waals surface area contributed by atoms with E-state index in [4.69, 9.17) is 14.2 Å². The molecule has 0 spiro atoms. The van der Waals surface area contributed by atoms with Crippen LogP contribution in [0.5, 0.6) is 0 Å². The summed E-state index contributed by atoms with van der Waals surface area (Å²) in [5, 5.41) is 0. The summed E-state index contributed by atoms with van der Waals surface area (Å²) in [4.78, 5) is 11.7. The van der Waals surface area contributed by atoms with E-state index in [1.165, 1.54) is 19.1 Å². The van der Waals surface area contributed by atoms with Crippen molar-refractivity contribution in [3.63, 3.8) is 0 Å².